The highest BCUT2D eigenvalue weighted by molar-refractivity contribution is 5.84. The summed E-state index contributed by atoms with van der Waals surface area (Å²) in [6, 6.07) is 16.4. The van der Waals surface area contributed by atoms with E-state index in [4.69, 9.17) is 0 Å². The summed E-state index contributed by atoms with van der Waals surface area (Å²) < 4.78 is 15.9. The third-order valence-corrected chi connectivity index (χ3v) is 8.68. The molecule has 0 aliphatic carbocycles. The molecule has 3 saturated heterocycles. The van der Waals surface area contributed by atoms with Gasteiger partial charge < -0.3 is 14.8 Å². The molecular weight excluding hydrogens is 469 g/mol. The Morgan fingerprint density at radius 2 is 1.78 bits per heavy atom. The predicted molar refractivity (Wildman–Crippen MR) is 139 cm³/mol. The summed E-state index contributed by atoms with van der Waals surface area (Å²) in [4.78, 5) is 33.3. The first-order chi connectivity index (χ1) is 18.0. The number of imidazole rings is 1. The van der Waals surface area contributed by atoms with Crippen LogP contribution < -0.4 is 5.32 Å². The number of carbonyl (C=O) groups excluding carboxylic acids is 2. The summed E-state index contributed by atoms with van der Waals surface area (Å²) in [6.45, 7) is 3.50. The zero-order chi connectivity index (χ0) is 25.5. The highest BCUT2D eigenvalue weighted by atomic mass is 19.1. The van der Waals surface area contributed by atoms with Crippen molar-refractivity contribution >= 4 is 22.8 Å². The van der Waals surface area contributed by atoms with Crippen molar-refractivity contribution in [3.8, 4) is 0 Å². The van der Waals surface area contributed by atoms with Crippen molar-refractivity contribution in [3.05, 3.63) is 66.2 Å². The predicted octanol–water partition coefficient (Wildman–Crippen LogP) is 4.07. The van der Waals surface area contributed by atoms with Crippen molar-refractivity contribution in [1.29, 1.82) is 0 Å². The van der Waals surface area contributed by atoms with E-state index in [-0.39, 0.29) is 29.6 Å². The van der Waals surface area contributed by atoms with Gasteiger partial charge in [0.05, 0.1) is 29.3 Å². The molecule has 3 fully saturated rings. The van der Waals surface area contributed by atoms with Crippen LogP contribution in [0.15, 0.2) is 54.9 Å². The quantitative estimate of drug-likeness (QED) is 0.528. The minimum Gasteiger partial charge on any atom is -0.349 e. The number of amides is 2. The molecule has 1 N–H and O–H groups in total. The van der Waals surface area contributed by atoms with Crippen molar-refractivity contribution in [2.75, 3.05) is 19.6 Å². The number of fused-ring (bicyclic) bond motifs is 3. The fourth-order valence-corrected chi connectivity index (χ4v) is 6.61. The van der Waals surface area contributed by atoms with E-state index in [1.165, 1.54) is 25.0 Å². The van der Waals surface area contributed by atoms with Crippen LogP contribution >= 0.6 is 0 Å². The Kier molecular flexibility index (Phi) is 6.44. The first-order valence-corrected chi connectivity index (χ1v) is 13.4. The summed E-state index contributed by atoms with van der Waals surface area (Å²) in [5.41, 5.74) is 2.84. The van der Waals surface area contributed by atoms with Crippen LogP contribution in [0.4, 0.5) is 4.39 Å². The molecule has 2 amide bonds. The van der Waals surface area contributed by atoms with Gasteiger partial charge >= 0.3 is 0 Å². The van der Waals surface area contributed by atoms with Crippen LogP contribution in [0.25, 0.3) is 11.0 Å². The lowest BCUT2D eigenvalue weighted by Crippen LogP contribution is -2.55. The second kappa shape index (κ2) is 9.89. The summed E-state index contributed by atoms with van der Waals surface area (Å²) in [6.07, 6.45) is 7.22. The van der Waals surface area contributed by atoms with E-state index in [1.807, 2.05) is 30.6 Å². The van der Waals surface area contributed by atoms with Gasteiger partial charge in [-0.1, -0.05) is 30.3 Å². The van der Waals surface area contributed by atoms with Crippen LogP contribution in [-0.2, 0) is 9.59 Å². The second-order valence-electron chi connectivity index (χ2n) is 10.9. The summed E-state index contributed by atoms with van der Waals surface area (Å²) in [7, 11) is 0. The van der Waals surface area contributed by atoms with Crippen LogP contribution in [0, 0.1) is 11.7 Å². The molecule has 1 aromatic heterocycles. The van der Waals surface area contributed by atoms with Gasteiger partial charge in [-0.3, -0.25) is 14.5 Å². The molecule has 3 aliphatic heterocycles. The van der Waals surface area contributed by atoms with Gasteiger partial charge in [0.1, 0.15) is 5.82 Å². The van der Waals surface area contributed by atoms with Gasteiger partial charge in [-0.05, 0) is 49.8 Å². The second-order valence-corrected chi connectivity index (χ2v) is 10.9. The summed E-state index contributed by atoms with van der Waals surface area (Å²) in [5.74, 6) is -0.309. The Bertz CT molecular complexity index is 1270. The number of hydrogen-bond acceptors (Lipinski definition) is 4. The van der Waals surface area contributed by atoms with E-state index < -0.39 is 0 Å². The SMILES string of the molecule is CC(=O)N1CC(C(=O)N[C@@H](CCN2C3CCC2CC(n2cnc4cc(F)ccc42)C3)c2ccccc2)C1. The van der Waals surface area contributed by atoms with Gasteiger partial charge in [0.2, 0.25) is 11.8 Å². The number of piperidine rings is 1. The van der Waals surface area contributed by atoms with E-state index in [0.29, 0.717) is 36.7 Å². The Hall–Kier alpha value is -3.26. The number of carbonyl (C=O) groups is 2. The first kappa shape index (κ1) is 24.1. The Balaban J connectivity index is 1.11. The van der Waals surface area contributed by atoms with E-state index in [1.54, 1.807) is 11.8 Å². The minimum atomic E-state index is -0.249. The Labute approximate surface area is 216 Å². The molecule has 0 radical (unpaired) electrons. The molecule has 37 heavy (non-hydrogen) atoms. The molecule has 0 spiro atoms. The molecule has 4 heterocycles. The number of hydrogen-bond donors (Lipinski definition) is 1. The van der Waals surface area contributed by atoms with Gasteiger partial charge in [-0.25, -0.2) is 9.37 Å². The van der Waals surface area contributed by atoms with Crippen LogP contribution in [0.1, 0.15) is 56.7 Å². The largest absolute Gasteiger partial charge is 0.349 e. The zero-order valence-corrected chi connectivity index (χ0v) is 21.2. The molecule has 2 bridgehead atoms. The molecule has 3 atom stereocenters. The molecule has 3 aromatic rings. The highest BCUT2D eigenvalue weighted by Gasteiger charge is 2.42. The van der Waals surface area contributed by atoms with Crippen LogP contribution in [0.5, 0.6) is 0 Å². The third kappa shape index (κ3) is 4.75. The van der Waals surface area contributed by atoms with E-state index in [2.05, 4.69) is 31.9 Å². The maximum atomic E-state index is 13.6. The normalized spacial score (nSPS) is 24.7. The minimum absolute atomic E-state index is 0.0263. The average Bonchev–Trinajstić information content (AvgIpc) is 3.37. The van der Waals surface area contributed by atoms with Crippen molar-refractivity contribution < 1.29 is 14.0 Å². The van der Waals surface area contributed by atoms with Crippen molar-refractivity contribution in [3.63, 3.8) is 0 Å². The topological polar surface area (TPSA) is 70.5 Å². The average molecular weight is 504 g/mol. The summed E-state index contributed by atoms with van der Waals surface area (Å²) >= 11 is 0. The summed E-state index contributed by atoms with van der Waals surface area (Å²) in [5, 5.41) is 3.29. The maximum absolute atomic E-state index is 13.6. The molecule has 194 valence electrons. The van der Waals surface area contributed by atoms with E-state index in [9.17, 15) is 14.0 Å². The Morgan fingerprint density at radius 3 is 2.49 bits per heavy atom. The van der Waals surface area contributed by atoms with E-state index in [0.717, 1.165) is 36.9 Å². The fourth-order valence-electron chi connectivity index (χ4n) is 6.61. The molecule has 6 rings (SSSR count). The zero-order valence-electron chi connectivity index (χ0n) is 21.2. The third-order valence-electron chi connectivity index (χ3n) is 8.68. The van der Waals surface area contributed by atoms with Gasteiger partial charge in [0.25, 0.3) is 0 Å². The van der Waals surface area contributed by atoms with Crippen LogP contribution in [0.2, 0.25) is 0 Å². The number of rotatable bonds is 7. The monoisotopic (exact) mass is 503 g/mol. The molecule has 2 unspecified atom stereocenters. The molecule has 3 aliphatic rings. The molecule has 8 heteroatoms. The molecular formula is C29H34FN5O2. The van der Waals surface area contributed by atoms with E-state index >= 15 is 0 Å². The van der Waals surface area contributed by atoms with Gasteiger partial charge in [-0.2, -0.15) is 0 Å². The van der Waals surface area contributed by atoms with Crippen LogP contribution in [0.3, 0.4) is 0 Å². The molecule has 2 aromatic carbocycles. The smallest absolute Gasteiger partial charge is 0.227 e. The maximum Gasteiger partial charge on any atom is 0.227 e. The fraction of sp³-hybridized carbons (Fsp3) is 0.483. The van der Waals surface area contributed by atoms with Gasteiger partial charge in [-0.15, -0.1) is 0 Å². The Morgan fingerprint density at radius 1 is 1.05 bits per heavy atom. The number of nitrogens with zero attached hydrogens (tertiary/aromatic N) is 4. The number of aromatic nitrogens is 2. The lowest BCUT2D eigenvalue weighted by Gasteiger charge is -2.41. The number of likely N-dealkylation sites (tertiary alicyclic amines) is 1. The van der Waals surface area contributed by atoms with Crippen molar-refractivity contribution in [2.24, 2.45) is 5.92 Å². The number of nitrogens with one attached hydrogen (secondary N) is 1. The van der Waals surface area contributed by atoms with Crippen LogP contribution in [-0.4, -0.2) is 62.9 Å². The van der Waals surface area contributed by atoms with Gasteiger partial charge in [0.15, 0.2) is 0 Å². The lowest BCUT2D eigenvalue weighted by molar-refractivity contribution is -0.141. The molecule has 7 nitrogen and oxygen atoms in total. The lowest BCUT2D eigenvalue weighted by atomic mass is 9.94. The number of halogens is 1. The number of benzene rings is 2. The standard InChI is InChI=1S/C29H34FN5O2/c1-19(36)33-16-21(17-33)29(37)32-26(20-5-3-2-4-6-20)11-12-34-23-8-9-24(34)15-25(14-23)35-18-31-27-13-22(30)7-10-28(27)35/h2-7,10,13,18,21,23-26H,8-9,11-12,14-17H2,1H3,(H,32,37)/t23?,24?,25?,26-/m0/s1. The van der Waals surface area contributed by atoms with Crippen molar-refractivity contribution in [1.82, 2.24) is 24.7 Å². The highest BCUT2D eigenvalue weighted by Crippen LogP contribution is 2.42. The molecule has 0 saturated carbocycles. The first-order valence-electron chi connectivity index (χ1n) is 13.4. The van der Waals surface area contributed by atoms with Crippen molar-refractivity contribution in [2.45, 2.75) is 63.2 Å². The van der Waals surface area contributed by atoms with Gasteiger partial charge in [0, 0.05) is 50.7 Å².